The lowest BCUT2D eigenvalue weighted by Gasteiger charge is -2.40. The fourth-order valence-corrected chi connectivity index (χ4v) is 4.18. The zero-order valence-electron chi connectivity index (χ0n) is 18.7. The molecule has 32 heavy (non-hydrogen) atoms. The minimum atomic E-state index is -0.279. The van der Waals surface area contributed by atoms with E-state index >= 15 is 0 Å². The van der Waals surface area contributed by atoms with E-state index in [2.05, 4.69) is 0 Å². The largest absolute Gasteiger partial charge is 0.484 e. The Labute approximate surface area is 188 Å². The molecular weight excluding hydrogens is 411 g/mol. The number of ether oxygens (including phenoxy) is 2. The first-order valence-electron chi connectivity index (χ1n) is 10.9. The minimum absolute atomic E-state index is 0.0138. The topological polar surface area (TPSA) is 59.1 Å². The number of benzene rings is 2. The molecule has 0 radical (unpaired) electrons. The minimum Gasteiger partial charge on any atom is -0.484 e. The van der Waals surface area contributed by atoms with Crippen molar-refractivity contribution >= 4 is 11.8 Å². The molecule has 1 heterocycles. The summed E-state index contributed by atoms with van der Waals surface area (Å²) in [6.45, 7) is 1.27. The van der Waals surface area contributed by atoms with Gasteiger partial charge in [-0.3, -0.25) is 9.59 Å². The van der Waals surface area contributed by atoms with Crippen LogP contribution in [0, 0.1) is 11.7 Å². The van der Waals surface area contributed by atoms with Crippen LogP contribution in [-0.2, 0) is 20.7 Å². The van der Waals surface area contributed by atoms with Gasteiger partial charge in [-0.15, -0.1) is 0 Å². The molecule has 0 spiro atoms. The smallest absolute Gasteiger partial charge is 0.260 e. The van der Waals surface area contributed by atoms with Crippen molar-refractivity contribution in [1.82, 2.24) is 9.80 Å². The molecule has 1 atom stereocenters. The molecule has 0 aliphatic carbocycles. The molecule has 1 aliphatic rings. The van der Waals surface area contributed by atoms with E-state index in [0.29, 0.717) is 25.3 Å². The summed E-state index contributed by atoms with van der Waals surface area (Å²) in [5.41, 5.74) is 0.975. The van der Waals surface area contributed by atoms with E-state index in [4.69, 9.17) is 9.47 Å². The number of nitrogens with zero attached hydrogens (tertiary/aromatic N) is 2. The van der Waals surface area contributed by atoms with Gasteiger partial charge in [0.2, 0.25) is 5.91 Å². The zero-order chi connectivity index (χ0) is 22.9. The van der Waals surface area contributed by atoms with Crippen LogP contribution in [0.2, 0.25) is 0 Å². The highest BCUT2D eigenvalue weighted by Gasteiger charge is 2.32. The fraction of sp³-hybridized carbons (Fsp3) is 0.440. The third-order valence-electron chi connectivity index (χ3n) is 6.06. The number of hydrogen-bond acceptors (Lipinski definition) is 4. The Morgan fingerprint density at radius 3 is 2.34 bits per heavy atom. The van der Waals surface area contributed by atoms with Gasteiger partial charge < -0.3 is 19.3 Å². The number of likely N-dealkylation sites (tertiary alicyclic amines) is 1. The lowest BCUT2D eigenvalue weighted by Crippen LogP contribution is -2.49. The normalized spacial score (nSPS) is 15.3. The molecule has 1 aliphatic heterocycles. The molecule has 0 N–H and O–H groups in total. The van der Waals surface area contributed by atoms with E-state index in [-0.39, 0.29) is 42.8 Å². The highest BCUT2D eigenvalue weighted by Crippen LogP contribution is 2.27. The molecule has 172 valence electrons. The number of carbonyl (C=O) groups is 2. The molecule has 0 saturated carbocycles. The summed E-state index contributed by atoms with van der Waals surface area (Å²) in [4.78, 5) is 28.7. The Morgan fingerprint density at radius 1 is 1.06 bits per heavy atom. The summed E-state index contributed by atoms with van der Waals surface area (Å²) in [7, 11) is 3.29. The highest BCUT2D eigenvalue weighted by molar-refractivity contribution is 5.78. The molecule has 0 bridgehead atoms. The van der Waals surface area contributed by atoms with E-state index in [9.17, 15) is 14.0 Å². The Bertz CT molecular complexity index is 867. The third kappa shape index (κ3) is 6.53. The average molecular weight is 443 g/mol. The SMILES string of the molecule is COCC(=O)N(C)[C@H](Cc1ccc(F)cc1)C1CCN(C(=O)COc2ccccc2)CC1. The number of likely N-dealkylation sites (N-methyl/N-ethyl adjacent to an activating group) is 1. The number of rotatable bonds is 9. The van der Waals surface area contributed by atoms with Crippen molar-refractivity contribution in [3.63, 3.8) is 0 Å². The van der Waals surface area contributed by atoms with Gasteiger partial charge >= 0.3 is 0 Å². The van der Waals surface area contributed by atoms with Crippen LogP contribution in [0.3, 0.4) is 0 Å². The van der Waals surface area contributed by atoms with Crippen LogP contribution >= 0.6 is 0 Å². The second-order valence-electron chi connectivity index (χ2n) is 8.16. The Kier molecular flexibility index (Phi) is 8.62. The molecule has 7 heteroatoms. The van der Waals surface area contributed by atoms with Crippen molar-refractivity contribution in [1.29, 1.82) is 0 Å². The summed E-state index contributed by atoms with van der Waals surface area (Å²) in [6, 6.07) is 15.6. The molecule has 6 nitrogen and oxygen atoms in total. The van der Waals surface area contributed by atoms with E-state index in [1.54, 1.807) is 24.1 Å². The number of para-hydroxylation sites is 1. The van der Waals surface area contributed by atoms with E-state index < -0.39 is 0 Å². The number of halogens is 1. The summed E-state index contributed by atoms with van der Waals surface area (Å²) in [5, 5.41) is 0. The maximum Gasteiger partial charge on any atom is 0.260 e. The molecular formula is C25H31FN2O4. The summed E-state index contributed by atoms with van der Waals surface area (Å²) in [6.07, 6.45) is 2.20. The molecule has 0 aromatic heterocycles. The van der Waals surface area contributed by atoms with Crippen LogP contribution < -0.4 is 4.74 Å². The van der Waals surface area contributed by atoms with Gasteiger partial charge in [0.25, 0.3) is 5.91 Å². The van der Waals surface area contributed by atoms with Gasteiger partial charge in [-0.1, -0.05) is 30.3 Å². The Balaban J connectivity index is 1.60. The quantitative estimate of drug-likeness (QED) is 0.599. The second kappa shape index (κ2) is 11.6. The Hall–Kier alpha value is -2.93. The van der Waals surface area contributed by atoms with Crippen molar-refractivity contribution in [2.75, 3.05) is 40.5 Å². The first-order valence-corrected chi connectivity index (χ1v) is 10.9. The number of amides is 2. The maximum atomic E-state index is 13.3. The first kappa shape index (κ1) is 23.7. The lowest BCUT2D eigenvalue weighted by molar-refractivity contribution is -0.139. The van der Waals surface area contributed by atoms with Crippen LogP contribution in [0.25, 0.3) is 0 Å². The molecule has 1 fully saturated rings. The molecule has 2 amide bonds. The molecule has 1 saturated heterocycles. The molecule has 3 rings (SSSR count). The zero-order valence-corrected chi connectivity index (χ0v) is 18.7. The fourth-order valence-electron chi connectivity index (χ4n) is 4.18. The van der Waals surface area contributed by atoms with Crippen LogP contribution in [0.1, 0.15) is 18.4 Å². The molecule has 2 aromatic carbocycles. The van der Waals surface area contributed by atoms with Gasteiger partial charge in [0.15, 0.2) is 6.61 Å². The number of hydrogen-bond donors (Lipinski definition) is 0. The number of methoxy groups -OCH3 is 1. The summed E-state index contributed by atoms with van der Waals surface area (Å²) < 4.78 is 24.0. The van der Waals surface area contributed by atoms with Crippen molar-refractivity contribution < 1.29 is 23.5 Å². The lowest BCUT2D eigenvalue weighted by atomic mass is 9.85. The van der Waals surface area contributed by atoms with Crippen molar-refractivity contribution in [2.45, 2.75) is 25.3 Å². The van der Waals surface area contributed by atoms with Gasteiger partial charge in [-0.2, -0.15) is 0 Å². The van der Waals surface area contributed by atoms with E-state index in [0.717, 1.165) is 18.4 Å². The van der Waals surface area contributed by atoms with Crippen LogP contribution in [0.4, 0.5) is 4.39 Å². The second-order valence-corrected chi connectivity index (χ2v) is 8.16. The van der Waals surface area contributed by atoms with Gasteiger partial charge in [0.05, 0.1) is 0 Å². The molecule has 0 unspecified atom stereocenters. The Morgan fingerprint density at radius 2 is 1.72 bits per heavy atom. The summed E-state index contributed by atoms with van der Waals surface area (Å²) in [5.74, 6) is 0.498. The van der Waals surface area contributed by atoms with Crippen molar-refractivity contribution in [2.24, 2.45) is 5.92 Å². The summed E-state index contributed by atoms with van der Waals surface area (Å²) >= 11 is 0. The van der Waals surface area contributed by atoms with E-state index in [1.807, 2.05) is 35.2 Å². The highest BCUT2D eigenvalue weighted by atomic mass is 19.1. The van der Waals surface area contributed by atoms with Crippen LogP contribution in [0.5, 0.6) is 5.75 Å². The van der Waals surface area contributed by atoms with Crippen LogP contribution in [-0.4, -0.2) is 68.1 Å². The van der Waals surface area contributed by atoms with Crippen LogP contribution in [0.15, 0.2) is 54.6 Å². The number of piperidine rings is 1. The third-order valence-corrected chi connectivity index (χ3v) is 6.06. The van der Waals surface area contributed by atoms with Gasteiger partial charge in [0.1, 0.15) is 18.2 Å². The standard InChI is InChI=1S/C25H31FN2O4/c1-27(24(29)17-31-2)23(16-19-8-10-21(26)11-9-19)20-12-14-28(15-13-20)25(30)18-32-22-6-4-3-5-7-22/h3-11,20,23H,12-18H2,1-2H3/t23-/m1/s1. The van der Waals surface area contributed by atoms with Gasteiger partial charge in [0, 0.05) is 33.3 Å². The number of carbonyl (C=O) groups excluding carboxylic acids is 2. The van der Waals surface area contributed by atoms with Crippen molar-refractivity contribution in [3.05, 3.63) is 66.0 Å². The van der Waals surface area contributed by atoms with E-state index in [1.165, 1.54) is 19.2 Å². The average Bonchev–Trinajstić information content (AvgIpc) is 2.82. The van der Waals surface area contributed by atoms with Gasteiger partial charge in [-0.25, -0.2) is 4.39 Å². The van der Waals surface area contributed by atoms with Crippen molar-refractivity contribution in [3.8, 4) is 5.75 Å². The maximum absolute atomic E-state index is 13.3. The monoisotopic (exact) mass is 442 g/mol. The van der Waals surface area contributed by atoms with Gasteiger partial charge in [-0.05, 0) is 55.0 Å². The predicted molar refractivity (Wildman–Crippen MR) is 120 cm³/mol. The first-order chi connectivity index (χ1) is 15.5. The molecule has 2 aromatic rings. The predicted octanol–water partition coefficient (Wildman–Crippen LogP) is 3.16.